The summed E-state index contributed by atoms with van der Waals surface area (Å²) >= 11 is 7.31. The quantitative estimate of drug-likeness (QED) is 0.566. The van der Waals surface area contributed by atoms with Crippen LogP contribution in [0.25, 0.3) is 15.9 Å². The molecule has 1 amide bonds. The second-order valence-corrected chi connectivity index (χ2v) is 6.68. The summed E-state index contributed by atoms with van der Waals surface area (Å²) in [4.78, 5) is 16.4. The van der Waals surface area contributed by atoms with Crippen LogP contribution in [0, 0.1) is 0 Å². The SMILES string of the molecule is O=C(COc1ccc(-n2cnnn2)cc1)Nc1nc2ccc(Cl)cc2s1. The van der Waals surface area contributed by atoms with E-state index in [-0.39, 0.29) is 12.5 Å². The van der Waals surface area contributed by atoms with Crippen LogP contribution in [0.15, 0.2) is 48.8 Å². The lowest BCUT2D eigenvalue weighted by atomic mass is 10.3. The van der Waals surface area contributed by atoms with E-state index in [1.807, 2.05) is 12.1 Å². The van der Waals surface area contributed by atoms with Gasteiger partial charge in [-0.25, -0.2) is 9.67 Å². The minimum Gasteiger partial charge on any atom is -0.484 e. The van der Waals surface area contributed by atoms with Gasteiger partial charge in [0.15, 0.2) is 11.7 Å². The Morgan fingerprint density at radius 2 is 2.08 bits per heavy atom. The highest BCUT2D eigenvalue weighted by Gasteiger charge is 2.09. The zero-order valence-corrected chi connectivity index (χ0v) is 14.7. The summed E-state index contributed by atoms with van der Waals surface area (Å²) in [5.74, 6) is 0.271. The normalized spacial score (nSPS) is 10.8. The van der Waals surface area contributed by atoms with Gasteiger partial charge in [-0.3, -0.25) is 10.1 Å². The van der Waals surface area contributed by atoms with E-state index in [0.717, 1.165) is 15.9 Å². The molecule has 0 aliphatic carbocycles. The van der Waals surface area contributed by atoms with E-state index in [1.165, 1.54) is 22.3 Å². The van der Waals surface area contributed by atoms with Crippen molar-refractivity contribution < 1.29 is 9.53 Å². The van der Waals surface area contributed by atoms with Gasteiger partial charge in [-0.1, -0.05) is 22.9 Å². The zero-order chi connectivity index (χ0) is 17.9. The molecule has 0 radical (unpaired) electrons. The fourth-order valence-electron chi connectivity index (χ4n) is 2.23. The van der Waals surface area contributed by atoms with Crippen molar-refractivity contribution in [3.63, 3.8) is 0 Å². The first-order valence-electron chi connectivity index (χ1n) is 7.49. The van der Waals surface area contributed by atoms with Crippen molar-refractivity contribution in [2.24, 2.45) is 0 Å². The molecule has 0 atom stereocenters. The number of amides is 1. The topological polar surface area (TPSA) is 94.8 Å². The van der Waals surface area contributed by atoms with E-state index < -0.39 is 0 Å². The Kier molecular flexibility index (Phi) is 4.46. The third kappa shape index (κ3) is 3.63. The van der Waals surface area contributed by atoms with E-state index >= 15 is 0 Å². The number of thiazole rings is 1. The minimum absolute atomic E-state index is 0.124. The third-order valence-corrected chi connectivity index (χ3v) is 4.59. The number of carbonyl (C=O) groups excluding carboxylic acids is 1. The number of carbonyl (C=O) groups is 1. The van der Waals surface area contributed by atoms with Gasteiger partial charge in [-0.2, -0.15) is 0 Å². The zero-order valence-electron chi connectivity index (χ0n) is 13.2. The van der Waals surface area contributed by atoms with E-state index in [9.17, 15) is 4.79 Å². The summed E-state index contributed by atoms with van der Waals surface area (Å²) in [6, 6.07) is 12.5. The monoisotopic (exact) mass is 386 g/mol. The molecule has 0 spiro atoms. The lowest BCUT2D eigenvalue weighted by molar-refractivity contribution is -0.118. The van der Waals surface area contributed by atoms with Crippen molar-refractivity contribution in [1.29, 1.82) is 0 Å². The third-order valence-electron chi connectivity index (χ3n) is 3.42. The van der Waals surface area contributed by atoms with Crippen LogP contribution >= 0.6 is 22.9 Å². The molecule has 0 unspecified atom stereocenters. The van der Waals surface area contributed by atoms with Crippen LogP contribution in [0.4, 0.5) is 5.13 Å². The van der Waals surface area contributed by atoms with Gasteiger partial charge in [-0.15, -0.1) is 5.10 Å². The molecule has 2 aromatic carbocycles. The highest BCUT2D eigenvalue weighted by atomic mass is 35.5. The Hall–Kier alpha value is -3.04. The lowest BCUT2D eigenvalue weighted by Gasteiger charge is -2.06. The van der Waals surface area contributed by atoms with Crippen molar-refractivity contribution in [2.45, 2.75) is 0 Å². The summed E-state index contributed by atoms with van der Waals surface area (Å²) in [6.07, 6.45) is 1.49. The number of ether oxygens (including phenoxy) is 1. The molecule has 0 saturated heterocycles. The number of aromatic nitrogens is 5. The van der Waals surface area contributed by atoms with Gasteiger partial charge in [0.1, 0.15) is 12.1 Å². The van der Waals surface area contributed by atoms with E-state index in [2.05, 4.69) is 25.8 Å². The summed E-state index contributed by atoms with van der Waals surface area (Å²) in [5, 5.41) is 14.8. The molecule has 10 heteroatoms. The summed E-state index contributed by atoms with van der Waals surface area (Å²) in [6.45, 7) is -0.124. The van der Waals surface area contributed by atoms with Crippen LogP contribution in [-0.4, -0.2) is 37.7 Å². The first-order chi connectivity index (χ1) is 12.7. The smallest absolute Gasteiger partial charge is 0.264 e. The van der Waals surface area contributed by atoms with Crippen molar-refractivity contribution >= 4 is 44.2 Å². The van der Waals surface area contributed by atoms with Gasteiger partial charge in [0.2, 0.25) is 0 Å². The maximum Gasteiger partial charge on any atom is 0.264 e. The van der Waals surface area contributed by atoms with Crippen molar-refractivity contribution in [3.8, 4) is 11.4 Å². The molecule has 8 nitrogen and oxygen atoms in total. The lowest BCUT2D eigenvalue weighted by Crippen LogP contribution is -2.20. The summed E-state index contributed by atoms with van der Waals surface area (Å²) < 4.78 is 7.92. The van der Waals surface area contributed by atoms with E-state index in [0.29, 0.717) is 15.9 Å². The highest BCUT2D eigenvalue weighted by molar-refractivity contribution is 7.22. The molecule has 26 heavy (non-hydrogen) atoms. The Morgan fingerprint density at radius 3 is 2.85 bits per heavy atom. The number of rotatable bonds is 5. The largest absolute Gasteiger partial charge is 0.484 e. The molecule has 1 N–H and O–H groups in total. The molecule has 4 aromatic rings. The van der Waals surface area contributed by atoms with Crippen LogP contribution in [0.1, 0.15) is 0 Å². The molecule has 130 valence electrons. The van der Waals surface area contributed by atoms with Gasteiger partial charge in [0.25, 0.3) is 5.91 Å². The van der Waals surface area contributed by atoms with Crippen LogP contribution in [0.5, 0.6) is 5.75 Å². The average molecular weight is 387 g/mol. The Morgan fingerprint density at radius 1 is 1.23 bits per heavy atom. The molecule has 4 rings (SSSR count). The molecule has 0 fully saturated rings. The van der Waals surface area contributed by atoms with Crippen LogP contribution in [0.3, 0.4) is 0 Å². The molecular weight excluding hydrogens is 376 g/mol. The average Bonchev–Trinajstić information content (AvgIpc) is 3.29. The maximum absolute atomic E-state index is 12.1. The van der Waals surface area contributed by atoms with Crippen LogP contribution in [0.2, 0.25) is 5.02 Å². The molecule has 2 heterocycles. The minimum atomic E-state index is -0.292. The van der Waals surface area contributed by atoms with Gasteiger partial charge in [0, 0.05) is 5.02 Å². The second-order valence-electron chi connectivity index (χ2n) is 5.22. The molecule has 0 bridgehead atoms. The summed E-state index contributed by atoms with van der Waals surface area (Å²) in [5.41, 5.74) is 1.58. The first kappa shape index (κ1) is 16.4. The fourth-order valence-corrected chi connectivity index (χ4v) is 3.39. The highest BCUT2D eigenvalue weighted by Crippen LogP contribution is 2.28. The predicted octanol–water partition coefficient (Wildman–Crippen LogP) is 2.94. The van der Waals surface area contributed by atoms with E-state index in [1.54, 1.807) is 30.3 Å². The predicted molar refractivity (Wildman–Crippen MR) is 97.9 cm³/mol. The Labute approximate surface area is 156 Å². The fraction of sp³-hybridized carbons (Fsp3) is 0.0625. The molecule has 0 aliphatic rings. The number of nitrogens with one attached hydrogen (secondary N) is 1. The number of anilines is 1. The number of hydrogen-bond donors (Lipinski definition) is 1. The number of nitrogens with zero attached hydrogens (tertiary/aromatic N) is 5. The van der Waals surface area contributed by atoms with Crippen molar-refractivity contribution in [2.75, 3.05) is 11.9 Å². The van der Waals surface area contributed by atoms with Gasteiger partial charge < -0.3 is 4.74 Å². The number of hydrogen-bond acceptors (Lipinski definition) is 7. The van der Waals surface area contributed by atoms with Gasteiger partial charge in [-0.05, 0) is 52.9 Å². The van der Waals surface area contributed by atoms with Crippen LogP contribution < -0.4 is 10.1 Å². The standard InChI is InChI=1S/C16H11ClN6O2S/c17-10-1-6-13-14(7-10)26-16(19-13)20-15(24)8-25-12-4-2-11(3-5-12)23-9-18-21-22-23/h1-7,9H,8H2,(H,19,20,24). The first-order valence-corrected chi connectivity index (χ1v) is 8.69. The molecule has 2 aromatic heterocycles. The van der Waals surface area contributed by atoms with Crippen LogP contribution in [-0.2, 0) is 4.79 Å². The van der Waals surface area contributed by atoms with Crippen molar-refractivity contribution in [3.05, 3.63) is 53.8 Å². The van der Waals surface area contributed by atoms with Gasteiger partial charge in [0.05, 0.1) is 15.9 Å². The molecular formula is C16H11ClN6O2S. The van der Waals surface area contributed by atoms with Gasteiger partial charge >= 0.3 is 0 Å². The number of halogens is 1. The van der Waals surface area contributed by atoms with E-state index in [4.69, 9.17) is 16.3 Å². The number of tetrazole rings is 1. The Bertz CT molecular complexity index is 1050. The second kappa shape index (κ2) is 7.06. The maximum atomic E-state index is 12.1. The molecule has 0 aliphatic heterocycles. The Balaban J connectivity index is 1.35. The number of benzene rings is 2. The molecule has 0 saturated carbocycles. The summed E-state index contributed by atoms with van der Waals surface area (Å²) in [7, 11) is 0. The van der Waals surface area contributed by atoms with Crippen molar-refractivity contribution in [1.82, 2.24) is 25.2 Å². The number of fused-ring (bicyclic) bond motifs is 1.